The third-order valence-corrected chi connectivity index (χ3v) is 4.91. The van der Waals surface area contributed by atoms with Gasteiger partial charge in [-0.25, -0.2) is 17.7 Å². The van der Waals surface area contributed by atoms with Crippen molar-refractivity contribution in [1.82, 2.24) is 13.9 Å². The summed E-state index contributed by atoms with van der Waals surface area (Å²) in [5, 5.41) is 0. The Bertz CT molecular complexity index is 538. The van der Waals surface area contributed by atoms with Crippen LogP contribution in [0.2, 0.25) is 0 Å². The van der Waals surface area contributed by atoms with Crippen LogP contribution in [-0.4, -0.2) is 47.7 Å². The van der Waals surface area contributed by atoms with Gasteiger partial charge in [0, 0.05) is 38.3 Å². The molecule has 2 N–H and O–H groups in total. The summed E-state index contributed by atoms with van der Waals surface area (Å²) in [6, 6.07) is 0.105. The number of aromatic nitrogens is 2. The van der Waals surface area contributed by atoms with Gasteiger partial charge in [-0.1, -0.05) is 0 Å². The molecule has 1 saturated heterocycles. The van der Waals surface area contributed by atoms with Crippen LogP contribution in [-0.2, 0) is 23.0 Å². The highest BCUT2D eigenvalue weighted by Gasteiger charge is 2.25. The molecule has 1 aliphatic heterocycles. The van der Waals surface area contributed by atoms with E-state index in [1.807, 2.05) is 24.0 Å². The van der Waals surface area contributed by atoms with Crippen LogP contribution in [0.5, 0.6) is 0 Å². The largest absolute Gasteiger partial charge is 0.337 e. The molecule has 114 valence electrons. The fraction of sp³-hybridized carbons (Fsp3) is 0.769. The lowest BCUT2D eigenvalue weighted by atomic mass is 10.00. The van der Waals surface area contributed by atoms with Crippen molar-refractivity contribution in [2.45, 2.75) is 38.8 Å². The molecule has 0 aliphatic carbocycles. The summed E-state index contributed by atoms with van der Waals surface area (Å²) in [4.78, 5) is 4.34. The average Bonchev–Trinajstić information content (AvgIpc) is 2.75. The molecule has 1 fully saturated rings. The van der Waals surface area contributed by atoms with Gasteiger partial charge in [0.15, 0.2) is 0 Å². The van der Waals surface area contributed by atoms with Crippen molar-refractivity contribution in [2.24, 2.45) is 11.7 Å². The normalized spacial score (nSPS) is 22.9. The van der Waals surface area contributed by atoms with Crippen molar-refractivity contribution < 1.29 is 8.42 Å². The van der Waals surface area contributed by atoms with E-state index in [2.05, 4.69) is 4.98 Å². The van der Waals surface area contributed by atoms with Crippen LogP contribution in [0.4, 0.5) is 0 Å². The van der Waals surface area contributed by atoms with Crippen LogP contribution in [0.15, 0.2) is 12.5 Å². The number of nitrogens with zero attached hydrogens (tertiary/aromatic N) is 3. The number of piperidine rings is 1. The summed E-state index contributed by atoms with van der Waals surface area (Å²) in [7, 11) is -3.07. The Kier molecular flexibility index (Phi) is 4.82. The molecule has 0 spiro atoms. The molecular weight excluding hydrogens is 276 g/mol. The average molecular weight is 300 g/mol. The van der Waals surface area contributed by atoms with Crippen molar-refractivity contribution in [3.8, 4) is 0 Å². The maximum Gasteiger partial charge on any atom is 0.211 e. The number of nitrogens with two attached hydrogens (primary N) is 1. The van der Waals surface area contributed by atoms with Crippen molar-refractivity contribution in [3.05, 3.63) is 18.2 Å². The fourth-order valence-corrected chi connectivity index (χ4v) is 3.66. The van der Waals surface area contributed by atoms with Crippen LogP contribution in [0.1, 0.15) is 25.5 Å². The number of hydrogen-bond acceptors (Lipinski definition) is 4. The van der Waals surface area contributed by atoms with Gasteiger partial charge < -0.3 is 10.3 Å². The number of hydrogen-bond donors (Lipinski definition) is 1. The molecule has 2 rings (SSSR count). The minimum atomic E-state index is -3.07. The predicted molar refractivity (Wildman–Crippen MR) is 78.7 cm³/mol. The summed E-state index contributed by atoms with van der Waals surface area (Å²) in [6.45, 7) is 4.04. The zero-order chi connectivity index (χ0) is 14.8. The van der Waals surface area contributed by atoms with Gasteiger partial charge in [-0.05, 0) is 25.7 Å². The third-order valence-electron chi connectivity index (χ3n) is 3.64. The Morgan fingerprint density at radius 3 is 2.95 bits per heavy atom. The Hall–Kier alpha value is -0.920. The second-order valence-corrected chi connectivity index (χ2v) is 7.85. The van der Waals surface area contributed by atoms with E-state index in [0.717, 1.165) is 31.5 Å². The smallest absolute Gasteiger partial charge is 0.211 e. The molecule has 20 heavy (non-hydrogen) atoms. The lowest BCUT2D eigenvalue weighted by Gasteiger charge is -2.31. The minimum Gasteiger partial charge on any atom is -0.337 e. The number of sulfonamides is 1. The van der Waals surface area contributed by atoms with E-state index in [1.165, 1.54) is 6.26 Å². The summed E-state index contributed by atoms with van der Waals surface area (Å²) in [6.07, 6.45) is 7.88. The summed E-state index contributed by atoms with van der Waals surface area (Å²) in [5.41, 5.74) is 6.76. The Labute approximate surface area is 121 Å². The molecule has 1 aliphatic rings. The first-order valence-corrected chi connectivity index (χ1v) is 8.91. The monoisotopic (exact) mass is 300 g/mol. The van der Waals surface area contributed by atoms with Crippen molar-refractivity contribution >= 4 is 10.0 Å². The van der Waals surface area contributed by atoms with Gasteiger partial charge in [0.1, 0.15) is 0 Å². The highest BCUT2D eigenvalue weighted by Crippen LogP contribution is 2.20. The second-order valence-electron chi connectivity index (χ2n) is 5.87. The van der Waals surface area contributed by atoms with Crippen molar-refractivity contribution in [3.63, 3.8) is 0 Å². The molecule has 0 bridgehead atoms. The predicted octanol–water partition coefficient (Wildman–Crippen LogP) is 0.444. The van der Waals surface area contributed by atoms with E-state index >= 15 is 0 Å². The number of imidazole rings is 1. The molecule has 0 radical (unpaired) electrons. The minimum absolute atomic E-state index is 0.105. The Balaban J connectivity index is 1.94. The molecule has 7 heteroatoms. The van der Waals surface area contributed by atoms with Gasteiger partial charge in [-0.3, -0.25) is 0 Å². The topological polar surface area (TPSA) is 81.2 Å². The van der Waals surface area contributed by atoms with Gasteiger partial charge in [0.05, 0.1) is 18.3 Å². The zero-order valence-electron chi connectivity index (χ0n) is 12.2. The third kappa shape index (κ3) is 4.29. The molecule has 0 saturated carbocycles. The van der Waals surface area contributed by atoms with Gasteiger partial charge in [-0.2, -0.15) is 0 Å². The molecule has 1 aromatic rings. The highest BCUT2D eigenvalue weighted by molar-refractivity contribution is 7.88. The first-order chi connectivity index (χ1) is 9.34. The van der Waals surface area contributed by atoms with Gasteiger partial charge in [0.2, 0.25) is 10.0 Å². The quantitative estimate of drug-likeness (QED) is 0.856. The second kappa shape index (κ2) is 6.24. The molecule has 0 amide bonds. The molecule has 2 heterocycles. The van der Waals surface area contributed by atoms with Crippen LogP contribution >= 0.6 is 0 Å². The van der Waals surface area contributed by atoms with E-state index in [1.54, 1.807) is 4.31 Å². The van der Waals surface area contributed by atoms with Crippen molar-refractivity contribution in [2.75, 3.05) is 19.3 Å². The first-order valence-electron chi connectivity index (χ1n) is 7.06. The fourth-order valence-electron chi connectivity index (χ4n) is 2.72. The summed E-state index contributed by atoms with van der Waals surface area (Å²) in [5.74, 6) is 0.357. The van der Waals surface area contributed by atoms with E-state index in [0.29, 0.717) is 19.0 Å². The zero-order valence-corrected chi connectivity index (χ0v) is 13.0. The maximum atomic E-state index is 11.6. The maximum absolute atomic E-state index is 11.6. The van der Waals surface area contributed by atoms with Gasteiger partial charge in [0.25, 0.3) is 0 Å². The molecular formula is C13H24N4O2S. The molecule has 6 nitrogen and oxygen atoms in total. The number of rotatable bonds is 5. The summed E-state index contributed by atoms with van der Waals surface area (Å²) < 4.78 is 26.8. The van der Waals surface area contributed by atoms with Gasteiger partial charge in [-0.15, -0.1) is 0 Å². The first kappa shape index (κ1) is 15.5. The van der Waals surface area contributed by atoms with Crippen LogP contribution < -0.4 is 5.73 Å². The van der Waals surface area contributed by atoms with Crippen LogP contribution in [0.3, 0.4) is 0 Å². The molecule has 2 unspecified atom stereocenters. The SMILES string of the molecule is CC(N)Cc1cn(CC2CCCN(S(C)(=O)=O)C2)cn1. The Morgan fingerprint density at radius 2 is 2.30 bits per heavy atom. The van der Waals surface area contributed by atoms with Crippen molar-refractivity contribution in [1.29, 1.82) is 0 Å². The van der Waals surface area contributed by atoms with Crippen LogP contribution in [0.25, 0.3) is 0 Å². The van der Waals surface area contributed by atoms with E-state index in [-0.39, 0.29) is 6.04 Å². The van der Waals surface area contributed by atoms with E-state index < -0.39 is 10.0 Å². The lowest BCUT2D eigenvalue weighted by Crippen LogP contribution is -2.40. The Morgan fingerprint density at radius 1 is 1.55 bits per heavy atom. The van der Waals surface area contributed by atoms with Crippen LogP contribution in [0, 0.1) is 5.92 Å². The molecule has 1 aromatic heterocycles. The highest BCUT2D eigenvalue weighted by atomic mass is 32.2. The van der Waals surface area contributed by atoms with Gasteiger partial charge >= 0.3 is 0 Å². The van der Waals surface area contributed by atoms with E-state index in [9.17, 15) is 8.42 Å². The summed E-state index contributed by atoms with van der Waals surface area (Å²) >= 11 is 0. The standard InChI is InChI=1S/C13H24N4O2S/c1-11(14)6-13-9-16(10-15-13)7-12-4-3-5-17(8-12)20(2,18)19/h9-12H,3-8,14H2,1-2H3. The molecule has 2 atom stereocenters. The molecule has 0 aromatic carbocycles. The lowest BCUT2D eigenvalue weighted by molar-refractivity contribution is 0.246. The van der Waals surface area contributed by atoms with E-state index in [4.69, 9.17) is 5.73 Å².